The Kier molecular flexibility index (Phi) is 46.4. The number of hydrogen-bond donors (Lipinski definition) is 9. The molecule has 12 nitrogen and oxygen atoms in total. The average molecular weight is 635 g/mol. The normalized spacial score (nSPS) is 10.4. The first kappa shape index (κ1) is 46.6. The highest BCUT2D eigenvalue weighted by Gasteiger charge is 1.99. The van der Waals surface area contributed by atoms with E-state index in [9.17, 15) is 14.4 Å². The minimum atomic E-state index is -2.62. The fraction of sp³-hybridized carbons (Fsp3) is 0.815. The highest BCUT2D eigenvalue weighted by Crippen LogP contribution is 2.12. The van der Waals surface area contributed by atoms with Gasteiger partial charge >= 0.3 is 26.5 Å². The predicted octanol–water partition coefficient (Wildman–Crippen LogP) is 4.30. The second-order valence-electron chi connectivity index (χ2n) is 8.92. The molecule has 0 rings (SSSR count). The van der Waals surface area contributed by atoms with Gasteiger partial charge in [0.05, 0.1) is 26.1 Å². The number of unbranched alkanes of at least 4 members (excludes halogenated alkanes) is 11. The quantitative estimate of drug-likeness (QED) is 0.0434. The van der Waals surface area contributed by atoms with Gasteiger partial charge in [-0.25, -0.2) is 0 Å². The van der Waals surface area contributed by atoms with Gasteiger partial charge in [0.15, 0.2) is 0 Å². The summed E-state index contributed by atoms with van der Waals surface area (Å²) in [6, 6.07) is 0. The topological polar surface area (TPSA) is 233 Å². The molecule has 0 saturated heterocycles. The van der Waals surface area contributed by atoms with Crippen LogP contribution in [-0.4, -0.2) is 94.1 Å². The predicted molar refractivity (Wildman–Crippen MR) is 163 cm³/mol. The van der Waals surface area contributed by atoms with Crippen LogP contribution in [0.1, 0.15) is 110 Å². The Morgan fingerprint density at radius 1 is 0.634 bits per heavy atom. The molecule has 246 valence electrons. The second kappa shape index (κ2) is 40.8. The first-order valence-corrected chi connectivity index (χ1v) is 16.4. The molecule has 0 unspecified atom stereocenters. The van der Waals surface area contributed by atoms with E-state index in [2.05, 4.69) is 19.1 Å². The maximum Gasteiger partial charge on any atom is 0.324 e. The minimum Gasteiger partial charge on any atom is -0.481 e. The monoisotopic (exact) mass is 634 g/mol. The van der Waals surface area contributed by atoms with E-state index in [1.165, 1.54) is 82.4 Å². The molecule has 0 aliphatic heterocycles. The lowest BCUT2D eigenvalue weighted by atomic mass is 10.1. The van der Waals surface area contributed by atoms with Crippen molar-refractivity contribution in [3.8, 4) is 0 Å². The maximum atomic E-state index is 10.3. The minimum absolute atomic E-state index is 0.101. The number of aliphatic hydroxyl groups is 3. The molecule has 41 heavy (non-hydrogen) atoms. The van der Waals surface area contributed by atoms with E-state index >= 15 is 0 Å². The van der Waals surface area contributed by atoms with Crippen LogP contribution >= 0.6 is 20.4 Å². The van der Waals surface area contributed by atoms with Crippen molar-refractivity contribution in [2.24, 2.45) is 0 Å². The SMILES string of the molecule is CCCCCCCC/C=C\CCCCCCCC(=O)O.O=C(O)CCSCCC(=O)O.OCC(O)CO.OP(O)O. The Labute approximate surface area is 250 Å². The highest BCUT2D eigenvalue weighted by molar-refractivity contribution is 7.99. The first-order valence-electron chi connectivity index (χ1n) is 14.1. The van der Waals surface area contributed by atoms with Crippen molar-refractivity contribution >= 4 is 38.3 Å². The third kappa shape index (κ3) is 67.9. The summed E-state index contributed by atoms with van der Waals surface area (Å²) in [5.41, 5.74) is 0. The number of rotatable bonds is 23. The molecular weight excluding hydrogens is 579 g/mol. The van der Waals surface area contributed by atoms with Crippen molar-refractivity contribution in [2.45, 2.75) is 116 Å². The summed E-state index contributed by atoms with van der Waals surface area (Å²) in [7, 11) is -2.62. The van der Waals surface area contributed by atoms with Gasteiger partial charge < -0.3 is 45.3 Å². The Morgan fingerprint density at radius 2 is 0.976 bits per heavy atom. The van der Waals surface area contributed by atoms with Crippen LogP contribution in [0.4, 0.5) is 0 Å². The summed E-state index contributed by atoms with van der Waals surface area (Å²) < 4.78 is 0. The Balaban J connectivity index is -0.000000270. The standard InChI is InChI=1S/C18H34O2.C6H10O4S.C3H8O3.H3O3P/c1-2-3-4-5-6-7-8-9-10-11-12-13-14-15-16-17-18(19)20;7-5(8)1-3-11-4-2-6(9)10;4-1-3(6)2-5;1-4(2)3/h9-10H,2-8,11-17H2,1H3,(H,19,20);1-4H2,(H,7,8)(H,9,10);3-6H,1-2H2;1-3H/b10-9-;;;. The molecule has 0 amide bonds. The number of aliphatic hydroxyl groups excluding tert-OH is 3. The molecule has 0 aliphatic carbocycles. The van der Waals surface area contributed by atoms with Gasteiger partial charge in [-0.15, -0.1) is 0 Å². The zero-order chi connectivity index (χ0) is 32.2. The molecule has 0 fully saturated rings. The van der Waals surface area contributed by atoms with Crippen molar-refractivity contribution in [2.75, 3.05) is 24.7 Å². The van der Waals surface area contributed by atoms with Crippen molar-refractivity contribution < 1.29 is 59.7 Å². The molecule has 14 heteroatoms. The zero-order valence-corrected chi connectivity index (χ0v) is 26.2. The molecule has 0 radical (unpaired) electrons. The van der Waals surface area contributed by atoms with Crippen molar-refractivity contribution in [3.05, 3.63) is 12.2 Å². The fourth-order valence-corrected chi connectivity index (χ4v) is 3.67. The van der Waals surface area contributed by atoms with E-state index in [4.69, 9.17) is 45.3 Å². The average Bonchev–Trinajstić information content (AvgIpc) is 2.90. The molecule has 9 N–H and O–H groups in total. The number of carbonyl (C=O) groups is 3. The molecule has 0 aromatic rings. The molecular formula is C27H55O12PS. The molecule has 0 heterocycles. The molecule has 0 atom stereocenters. The Hall–Kier alpha value is -1.31. The van der Waals surface area contributed by atoms with Gasteiger partial charge in [-0.3, -0.25) is 14.4 Å². The smallest absolute Gasteiger partial charge is 0.324 e. The Bertz CT molecular complexity index is 572. The summed E-state index contributed by atoms with van der Waals surface area (Å²) in [5.74, 6) is -1.37. The van der Waals surface area contributed by atoms with Crippen LogP contribution in [0, 0.1) is 0 Å². The zero-order valence-electron chi connectivity index (χ0n) is 24.5. The summed E-state index contributed by atoms with van der Waals surface area (Å²) in [6.07, 6.45) is 20.5. The highest BCUT2D eigenvalue weighted by atomic mass is 32.2. The lowest BCUT2D eigenvalue weighted by Crippen LogP contribution is -2.15. The van der Waals surface area contributed by atoms with Crippen LogP contribution in [0.3, 0.4) is 0 Å². The number of allylic oxidation sites excluding steroid dienone is 2. The number of carboxylic acid groups (broad SMARTS) is 3. The number of thioether (sulfide) groups is 1. The fourth-order valence-electron chi connectivity index (χ4n) is 2.83. The maximum absolute atomic E-state index is 10.3. The molecule has 0 aliphatic rings. The van der Waals surface area contributed by atoms with Gasteiger partial charge in [-0.05, 0) is 32.1 Å². The van der Waals surface area contributed by atoms with Gasteiger partial charge in [0.25, 0.3) is 0 Å². The Morgan fingerprint density at radius 3 is 1.29 bits per heavy atom. The number of aliphatic carboxylic acids is 3. The summed E-state index contributed by atoms with van der Waals surface area (Å²) >= 11 is 1.35. The lowest BCUT2D eigenvalue weighted by molar-refractivity contribution is -0.138. The van der Waals surface area contributed by atoms with Gasteiger partial charge in [0, 0.05) is 17.9 Å². The van der Waals surface area contributed by atoms with Gasteiger partial charge in [0.2, 0.25) is 0 Å². The number of hydrogen-bond acceptors (Lipinski definition) is 10. The summed E-state index contributed by atoms with van der Waals surface area (Å²) in [6.45, 7) is 1.53. The van der Waals surface area contributed by atoms with E-state index in [1.807, 2.05) is 0 Å². The van der Waals surface area contributed by atoms with Gasteiger partial charge in [-0.2, -0.15) is 11.8 Å². The molecule has 0 aromatic heterocycles. The molecule has 0 saturated carbocycles. The van der Waals surface area contributed by atoms with E-state index in [0.29, 0.717) is 17.9 Å². The van der Waals surface area contributed by atoms with Crippen molar-refractivity contribution in [3.63, 3.8) is 0 Å². The van der Waals surface area contributed by atoms with Crippen LogP contribution in [0.25, 0.3) is 0 Å². The van der Waals surface area contributed by atoms with Crippen LogP contribution in [0.2, 0.25) is 0 Å². The molecule has 0 aromatic carbocycles. The van der Waals surface area contributed by atoms with Crippen LogP contribution in [0.15, 0.2) is 12.2 Å². The number of carboxylic acids is 3. The van der Waals surface area contributed by atoms with Gasteiger partial charge in [0.1, 0.15) is 6.10 Å². The largest absolute Gasteiger partial charge is 0.481 e. The van der Waals surface area contributed by atoms with Crippen molar-refractivity contribution in [1.29, 1.82) is 0 Å². The van der Waals surface area contributed by atoms with Crippen LogP contribution < -0.4 is 0 Å². The third-order valence-electron chi connectivity index (χ3n) is 4.99. The van der Waals surface area contributed by atoms with Crippen LogP contribution in [0.5, 0.6) is 0 Å². The molecule has 0 spiro atoms. The van der Waals surface area contributed by atoms with E-state index < -0.39 is 32.6 Å². The van der Waals surface area contributed by atoms with Gasteiger partial charge in [-0.1, -0.05) is 70.4 Å². The lowest BCUT2D eigenvalue weighted by Gasteiger charge is -1.99. The van der Waals surface area contributed by atoms with E-state index in [-0.39, 0.29) is 26.1 Å². The summed E-state index contributed by atoms with van der Waals surface area (Å²) in [5, 5.41) is 48.9. The van der Waals surface area contributed by atoms with Crippen molar-refractivity contribution in [1.82, 2.24) is 0 Å². The van der Waals surface area contributed by atoms with E-state index in [0.717, 1.165) is 12.8 Å². The van der Waals surface area contributed by atoms with Crippen LogP contribution in [-0.2, 0) is 14.4 Å². The third-order valence-corrected chi connectivity index (χ3v) is 5.98. The second-order valence-corrected chi connectivity index (χ2v) is 10.7. The summed E-state index contributed by atoms with van der Waals surface area (Å²) in [4.78, 5) is 52.0. The van der Waals surface area contributed by atoms with E-state index in [1.54, 1.807) is 0 Å². The molecule has 0 bridgehead atoms. The first-order chi connectivity index (χ1) is 19.4.